The summed E-state index contributed by atoms with van der Waals surface area (Å²) in [6.45, 7) is 4.24. The zero-order valence-corrected chi connectivity index (χ0v) is 9.98. The quantitative estimate of drug-likeness (QED) is 0.680. The first-order chi connectivity index (χ1) is 7.74. The largest absolute Gasteiger partial charge is 0.481 e. The van der Waals surface area contributed by atoms with Crippen molar-refractivity contribution in [3.8, 4) is 0 Å². The van der Waals surface area contributed by atoms with Crippen molar-refractivity contribution < 1.29 is 19.4 Å². The number of carboxylic acids is 1. The normalized spacial score (nSPS) is 22.9. The van der Waals surface area contributed by atoms with Crippen molar-refractivity contribution in [2.45, 2.75) is 45.1 Å². The van der Waals surface area contributed by atoms with Crippen molar-refractivity contribution >= 4 is 5.97 Å². The second kappa shape index (κ2) is 7.63. The lowest BCUT2D eigenvalue weighted by Gasteiger charge is -2.29. The number of ether oxygens (including phenoxy) is 2. The predicted molar refractivity (Wildman–Crippen MR) is 60.4 cm³/mol. The number of unbranched alkanes of at least 4 members (excludes halogenated alkanes) is 1. The van der Waals surface area contributed by atoms with E-state index in [0.717, 1.165) is 25.7 Å². The highest BCUT2D eigenvalue weighted by Gasteiger charge is 2.23. The Morgan fingerprint density at radius 1 is 1.44 bits per heavy atom. The molecule has 4 heteroatoms. The van der Waals surface area contributed by atoms with Crippen molar-refractivity contribution in [3.05, 3.63) is 0 Å². The molecule has 0 saturated carbocycles. The summed E-state index contributed by atoms with van der Waals surface area (Å²) in [6.07, 6.45) is 4.32. The summed E-state index contributed by atoms with van der Waals surface area (Å²) >= 11 is 0. The van der Waals surface area contributed by atoms with Crippen LogP contribution in [0.1, 0.15) is 39.0 Å². The Labute approximate surface area is 96.9 Å². The summed E-state index contributed by atoms with van der Waals surface area (Å²) in [5, 5.41) is 8.54. The van der Waals surface area contributed by atoms with Crippen LogP contribution in [0, 0.1) is 5.92 Å². The van der Waals surface area contributed by atoms with Crippen molar-refractivity contribution in [2.24, 2.45) is 5.92 Å². The molecule has 0 aromatic carbocycles. The Kier molecular flexibility index (Phi) is 6.42. The van der Waals surface area contributed by atoms with Crippen molar-refractivity contribution in [3.63, 3.8) is 0 Å². The van der Waals surface area contributed by atoms with Gasteiger partial charge in [0, 0.05) is 6.42 Å². The Morgan fingerprint density at radius 3 is 2.81 bits per heavy atom. The van der Waals surface area contributed by atoms with E-state index in [1.807, 2.05) is 0 Å². The van der Waals surface area contributed by atoms with E-state index in [9.17, 15) is 4.79 Å². The van der Waals surface area contributed by atoms with Crippen LogP contribution in [-0.2, 0) is 14.3 Å². The molecule has 2 atom stereocenters. The molecule has 16 heavy (non-hydrogen) atoms. The molecule has 1 rings (SSSR count). The molecule has 1 saturated heterocycles. The van der Waals surface area contributed by atoms with Crippen LogP contribution >= 0.6 is 0 Å². The number of hydrogen-bond acceptors (Lipinski definition) is 3. The first kappa shape index (κ1) is 13.5. The van der Waals surface area contributed by atoms with Gasteiger partial charge in [0.05, 0.1) is 25.9 Å². The van der Waals surface area contributed by atoms with Gasteiger partial charge in [0.15, 0.2) is 0 Å². The lowest BCUT2D eigenvalue weighted by molar-refractivity contribution is -0.137. The highest BCUT2D eigenvalue weighted by Crippen LogP contribution is 2.22. The van der Waals surface area contributed by atoms with E-state index in [-0.39, 0.29) is 12.5 Å². The van der Waals surface area contributed by atoms with Gasteiger partial charge in [-0.1, -0.05) is 19.8 Å². The molecule has 1 aliphatic rings. The van der Waals surface area contributed by atoms with Crippen LogP contribution in [0.3, 0.4) is 0 Å². The van der Waals surface area contributed by atoms with Gasteiger partial charge >= 0.3 is 5.97 Å². The maximum absolute atomic E-state index is 10.4. The van der Waals surface area contributed by atoms with Gasteiger partial charge in [0.2, 0.25) is 0 Å². The van der Waals surface area contributed by atoms with Crippen LogP contribution in [0.15, 0.2) is 0 Å². The molecule has 2 unspecified atom stereocenters. The fourth-order valence-corrected chi connectivity index (χ4v) is 2.11. The van der Waals surface area contributed by atoms with Crippen LogP contribution in [0.4, 0.5) is 0 Å². The number of aliphatic carboxylic acids is 1. The number of hydrogen-bond donors (Lipinski definition) is 1. The Hall–Kier alpha value is -0.610. The third-order valence-electron chi connectivity index (χ3n) is 3.11. The molecule has 0 aliphatic carbocycles. The molecule has 0 amide bonds. The molecule has 1 heterocycles. The second-order valence-electron chi connectivity index (χ2n) is 4.29. The zero-order chi connectivity index (χ0) is 11.8. The molecule has 0 bridgehead atoms. The molecule has 4 nitrogen and oxygen atoms in total. The maximum atomic E-state index is 10.4. The van der Waals surface area contributed by atoms with E-state index in [2.05, 4.69) is 6.92 Å². The summed E-state index contributed by atoms with van der Waals surface area (Å²) in [5.74, 6) is -0.195. The third-order valence-corrected chi connectivity index (χ3v) is 3.11. The second-order valence-corrected chi connectivity index (χ2v) is 4.29. The van der Waals surface area contributed by atoms with Crippen LogP contribution in [0.25, 0.3) is 0 Å². The van der Waals surface area contributed by atoms with Gasteiger partial charge in [-0.15, -0.1) is 0 Å². The van der Waals surface area contributed by atoms with Gasteiger partial charge < -0.3 is 14.6 Å². The minimum Gasteiger partial charge on any atom is -0.481 e. The standard InChI is InChI=1S/C12H22O4/c1-2-10(5-3-4-6-12(13)14)11-9-15-7-8-16-11/h10-11H,2-9H2,1H3,(H,13,14). The van der Waals surface area contributed by atoms with E-state index in [1.165, 1.54) is 0 Å². The van der Waals surface area contributed by atoms with E-state index in [0.29, 0.717) is 25.7 Å². The number of carbonyl (C=O) groups is 1. The summed E-state index contributed by atoms with van der Waals surface area (Å²) in [6, 6.07) is 0. The fraction of sp³-hybridized carbons (Fsp3) is 0.917. The lowest BCUT2D eigenvalue weighted by atomic mass is 9.93. The molecular formula is C12H22O4. The molecule has 0 aromatic heterocycles. The summed E-state index contributed by atoms with van der Waals surface area (Å²) < 4.78 is 11.1. The SMILES string of the molecule is CCC(CCCCC(=O)O)C1COCCO1. The van der Waals surface area contributed by atoms with Gasteiger partial charge in [0.1, 0.15) is 0 Å². The minimum atomic E-state index is -0.703. The van der Waals surface area contributed by atoms with Crippen LogP contribution in [-0.4, -0.2) is 37.0 Å². The fourth-order valence-electron chi connectivity index (χ4n) is 2.11. The van der Waals surface area contributed by atoms with Crippen molar-refractivity contribution in [2.75, 3.05) is 19.8 Å². The number of rotatable bonds is 7. The van der Waals surface area contributed by atoms with Crippen molar-refractivity contribution in [1.82, 2.24) is 0 Å². The zero-order valence-electron chi connectivity index (χ0n) is 9.98. The average molecular weight is 230 g/mol. The Bertz CT molecular complexity index is 199. The molecule has 0 aromatic rings. The summed E-state index contributed by atoms with van der Waals surface area (Å²) in [5.41, 5.74) is 0. The highest BCUT2D eigenvalue weighted by molar-refractivity contribution is 5.66. The minimum absolute atomic E-state index is 0.212. The van der Waals surface area contributed by atoms with Gasteiger partial charge in [-0.25, -0.2) is 0 Å². The van der Waals surface area contributed by atoms with Crippen LogP contribution in [0.2, 0.25) is 0 Å². The average Bonchev–Trinajstić information content (AvgIpc) is 2.30. The van der Waals surface area contributed by atoms with Crippen LogP contribution < -0.4 is 0 Å². The van der Waals surface area contributed by atoms with Crippen LogP contribution in [0.5, 0.6) is 0 Å². The first-order valence-corrected chi connectivity index (χ1v) is 6.15. The van der Waals surface area contributed by atoms with Gasteiger partial charge in [-0.05, 0) is 18.8 Å². The third kappa shape index (κ3) is 4.94. The molecule has 1 fully saturated rings. The molecule has 0 spiro atoms. The molecular weight excluding hydrogens is 208 g/mol. The van der Waals surface area contributed by atoms with E-state index in [1.54, 1.807) is 0 Å². The molecule has 1 aliphatic heterocycles. The van der Waals surface area contributed by atoms with Crippen molar-refractivity contribution in [1.29, 1.82) is 0 Å². The first-order valence-electron chi connectivity index (χ1n) is 6.15. The van der Waals surface area contributed by atoms with Gasteiger partial charge in [-0.2, -0.15) is 0 Å². The Morgan fingerprint density at radius 2 is 2.25 bits per heavy atom. The topological polar surface area (TPSA) is 55.8 Å². The maximum Gasteiger partial charge on any atom is 0.303 e. The summed E-state index contributed by atoms with van der Waals surface area (Å²) in [4.78, 5) is 10.4. The molecule has 0 radical (unpaired) electrons. The van der Waals surface area contributed by atoms with Gasteiger partial charge in [-0.3, -0.25) is 4.79 Å². The summed E-state index contributed by atoms with van der Waals surface area (Å²) in [7, 11) is 0. The Balaban J connectivity index is 2.17. The van der Waals surface area contributed by atoms with Gasteiger partial charge in [0.25, 0.3) is 0 Å². The predicted octanol–water partition coefficient (Wildman–Crippen LogP) is 2.07. The smallest absolute Gasteiger partial charge is 0.303 e. The highest BCUT2D eigenvalue weighted by atomic mass is 16.6. The molecule has 1 N–H and O–H groups in total. The monoisotopic (exact) mass is 230 g/mol. The molecule has 94 valence electrons. The lowest BCUT2D eigenvalue weighted by Crippen LogP contribution is -2.34. The number of carboxylic acid groups (broad SMARTS) is 1. The van der Waals surface area contributed by atoms with E-state index < -0.39 is 5.97 Å². The van der Waals surface area contributed by atoms with E-state index >= 15 is 0 Å². The van der Waals surface area contributed by atoms with E-state index in [4.69, 9.17) is 14.6 Å².